The van der Waals surface area contributed by atoms with Crippen LogP contribution in [0.1, 0.15) is 25.3 Å². The van der Waals surface area contributed by atoms with Crippen LogP contribution >= 0.6 is 0 Å². The van der Waals surface area contributed by atoms with Crippen molar-refractivity contribution < 1.29 is 15.0 Å². The van der Waals surface area contributed by atoms with Crippen LogP contribution in [0.4, 0.5) is 0 Å². The molecule has 1 amide bonds. The summed E-state index contributed by atoms with van der Waals surface area (Å²) in [7, 11) is 0. The van der Waals surface area contributed by atoms with E-state index >= 15 is 0 Å². The Kier molecular flexibility index (Phi) is 3.60. The van der Waals surface area contributed by atoms with E-state index < -0.39 is 0 Å². The van der Waals surface area contributed by atoms with Crippen molar-refractivity contribution in [3.63, 3.8) is 0 Å². The molecule has 0 bridgehead atoms. The maximum absolute atomic E-state index is 12.2. The SMILES string of the molecule is CC1(C2CCN(C(=O)/C=C/c3ccc(O)c(O)c3)CC2)N=N1. The lowest BCUT2D eigenvalue weighted by Gasteiger charge is -2.32. The summed E-state index contributed by atoms with van der Waals surface area (Å²) in [5.41, 5.74) is 0.468. The molecule has 2 aliphatic rings. The number of phenolic OH excluding ortho intramolecular Hbond substituents is 2. The smallest absolute Gasteiger partial charge is 0.246 e. The van der Waals surface area contributed by atoms with Gasteiger partial charge >= 0.3 is 0 Å². The van der Waals surface area contributed by atoms with Crippen LogP contribution in [0.2, 0.25) is 0 Å². The molecule has 1 fully saturated rings. The highest BCUT2D eigenvalue weighted by Crippen LogP contribution is 2.41. The topological polar surface area (TPSA) is 85.5 Å². The van der Waals surface area contributed by atoms with Crippen molar-refractivity contribution in [3.05, 3.63) is 29.8 Å². The van der Waals surface area contributed by atoms with E-state index in [9.17, 15) is 15.0 Å². The first kappa shape index (κ1) is 14.6. The van der Waals surface area contributed by atoms with E-state index in [2.05, 4.69) is 10.2 Å². The second-order valence-electron chi connectivity index (χ2n) is 5.98. The zero-order valence-electron chi connectivity index (χ0n) is 12.4. The molecular formula is C16H19N3O3. The molecule has 6 nitrogen and oxygen atoms in total. The number of carbonyl (C=O) groups excluding carboxylic acids is 1. The molecule has 0 unspecified atom stereocenters. The number of hydrogen-bond acceptors (Lipinski definition) is 5. The number of benzene rings is 1. The predicted octanol–water partition coefficient (Wildman–Crippen LogP) is 2.53. The van der Waals surface area contributed by atoms with Crippen molar-refractivity contribution in [1.82, 2.24) is 4.90 Å². The third-order valence-electron chi connectivity index (χ3n) is 4.41. The van der Waals surface area contributed by atoms with Crippen LogP contribution in [0.15, 0.2) is 34.5 Å². The van der Waals surface area contributed by atoms with E-state index in [-0.39, 0.29) is 23.1 Å². The first-order valence-corrected chi connectivity index (χ1v) is 7.41. The minimum Gasteiger partial charge on any atom is -0.504 e. The van der Waals surface area contributed by atoms with E-state index in [1.807, 2.05) is 11.8 Å². The monoisotopic (exact) mass is 301 g/mol. The molecule has 3 rings (SSSR count). The fraction of sp³-hybridized carbons (Fsp3) is 0.438. The summed E-state index contributed by atoms with van der Waals surface area (Å²) >= 11 is 0. The lowest BCUT2D eigenvalue weighted by Crippen LogP contribution is -2.40. The molecule has 1 aromatic carbocycles. The maximum atomic E-state index is 12.2. The van der Waals surface area contributed by atoms with Crippen molar-refractivity contribution in [1.29, 1.82) is 0 Å². The molecule has 0 aromatic heterocycles. The van der Waals surface area contributed by atoms with Gasteiger partial charge in [-0.25, -0.2) is 0 Å². The fourth-order valence-corrected chi connectivity index (χ4v) is 2.81. The highest BCUT2D eigenvalue weighted by atomic mass is 16.3. The zero-order chi connectivity index (χ0) is 15.7. The Morgan fingerprint density at radius 2 is 1.95 bits per heavy atom. The molecule has 2 N–H and O–H groups in total. The summed E-state index contributed by atoms with van der Waals surface area (Å²) in [6.45, 7) is 3.47. The van der Waals surface area contributed by atoms with Gasteiger partial charge in [0.15, 0.2) is 17.2 Å². The number of likely N-dealkylation sites (tertiary alicyclic amines) is 1. The highest BCUT2D eigenvalue weighted by Gasteiger charge is 2.44. The van der Waals surface area contributed by atoms with Crippen LogP contribution in [0.25, 0.3) is 6.08 Å². The second kappa shape index (κ2) is 5.44. The largest absolute Gasteiger partial charge is 0.504 e. The van der Waals surface area contributed by atoms with Crippen LogP contribution < -0.4 is 0 Å². The summed E-state index contributed by atoms with van der Waals surface area (Å²) in [5.74, 6) is 0.0333. The van der Waals surface area contributed by atoms with E-state index in [4.69, 9.17) is 0 Å². The molecule has 1 saturated heterocycles. The first-order valence-electron chi connectivity index (χ1n) is 7.41. The quantitative estimate of drug-likeness (QED) is 0.664. The van der Waals surface area contributed by atoms with Gasteiger partial charge in [-0.05, 0) is 43.5 Å². The summed E-state index contributed by atoms with van der Waals surface area (Å²) < 4.78 is 0. The average molecular weight is 301 g/mol. The zero-order valence-corrected chi connectivity index (χ0v) is 12.4. The van der Waals surface area contributed by atoms with Crippen molar-refractivity contribution in [2.75, 3.05) is 13.1 Å². The summed E-state index contributed by atoms with van der Waals surface area (Å²) in [6.07, 6.45) is 4.98. The van der Waals surface area contributed by atoms with Crippen molar-refractivity contribution in [2.45, 2.75) is 25.4 Å². The van der Waals surface area contributed by atoms with Crippen molar-refractivity contribution in [3.8, 4) is 11.5 Å². The number of phenols is 2. The lowest BCUT2D eigenvalue weighted by atomic mass is 9.88. The number of aromatic hydroxyl groups is 2. The Balaban J connectivity index is 1.56. The highest BCUT2D eigenvalue weighted by molar-refractivity contribution is 5.91. The summed E-state index contributed by atoms with van der Waals surface area (Å²) in [4.78, 5) is 14.0. The van der Waals surface area contributed by atoms with Crippen molar-refractivity contribution >= 4 is 12.0 Å². The van der Waals surface area contributed by atoms with Gasteiger partial charge in [0.1, 0.15) is 0 Å². The maximum Gasteiger partial charge on any atom is 0.246 e. The van der Waals surface area contributed by atoms with E-state index in [0.717, 1.165) is 25.9 Å². The molecule has 0 spiro atoms. The van der Waals surface area contributed by atoms with E-state index in [0.29, 0.717) is 11.5 Å². The van der Waals surface area contributed by atoms with Gasteiger partial charge in [0.2, 0.25) is 5.91 Å². The van der Waals surface area contributed by atoms with Gasteiger partial charge in [0.05, 0.1) is 0 Å². The van der Waals surface area contributed by atoms with Crippen LogP contribution in [-0.4, -0.2) is 39.8 Å². The molecular weight excluding hydrogens is 282 g/mol. The number of nitrogens with zero attached hydrogens (tertiary/aromatic N) is 3. The number of piperidine rings is 1. The fourth-order valence-electron chi connectivity index (χ4n) is 2.81. The predicted molar refractivity (Wildman–Crippen MR) is 81.4 cm³/mol. The van der Waals surface area contributed by atoms with Crippen molar-refractivity contribution in [2.24, 2.45) is 16.1 Å². The lowest BCUT2D eigenvalue weighted by molar-refractivity contribution is -0.127. The number of amides is 1. The van der Waals surface area contributed by atoms with Gasteiger partial charge in [-0.1, -0.05) is 6.07 Å². The Morgan fingerprint density at radius 1 is 1.27 bits per heavy atom. The number of rotatable bonds is 3. The molecule has 2 aliphatic heterocycles. The van der Waals surface area contributed by atoms with E-state index in [1.165, 1.54) is 18.2 Å². The van der Waals surface area contributed by atoms with Gasteiger partial charge in [0, 0.05) is 25.1 Å². The van der Waals surface area contributed by atoms with Crippen LogP contribution in [0, 0.1) is 5.92 Å². The molecule has 116 valence electrons. The molecule has 2 heterocycles. The van der Waals surface area contributed by atoms with Gasteiger partial charge in [-0.15, -0.1) is 0 Å². The minimum atomic E-state index is -0.200. The Hall–Kier alpha value is -2.37. The normalized spacial score (nSPS) is 20.5. The summed E-state index contributed by atoms with van der Waals surface area (Å²) in [5, 5.41) is 26.8. The van der Waals surface area contributed by atoms with Gasteiger partial charge in [-0.3, -0.25) is 4.79 Å². The van der Waals surface area contributed by atoms with Crippen LogP contribution in [-0.2, 0) is 4.79 Å². The third-order valence-corrected chi connectivity index (χ3v) is 4.41. The molecule has 0 aliphatic carbocycles. The second-order valence-corrected chi connectivity index (χ2v) is 5.98. The number of hydrogen-bond donors (Lipinski definition) is 2. The molecule has 6 heteroatoms. The molecule has 0 saturated carbocycles. The Morgan fingerprint density at radius 3 is 2.55 bits per heavy atom. The van der Waals surface area contributed by atoms with Crippen LogP contribution in [0.3, 0.4) is 0 Å². The first-order chi connectivity index (χ1) is 10.5. The number of carbonyl (C=O) groups is 1. The third kappa shape index (κ3) is 2.95. The molecule has 0 atom stereocenters. The van der Waals surface area contributed by atoms with E-state index in [1.54, 1.807) is 12.1 Å². The van der Waals surface area contributed by atoms with Gasteiger partial charge in [0.25, 0.3) is 0 Å². The average Bonchev–Trinajstić information content (AvgIpc) is 3.27. The van der Waals surface area contributed by atoms with Gasteiger partial charge in [-0.2, -0.15) is 10.2 Å². The van der Waals surface area contributed by atoms with Gasteiger partial charge < -0.3 is 15.1 Å². The molecule has 22 heavy (non-hydrogen) atoms. The molecule has 0 radical (unpaired) electrons. The Bertz CT molecular complexity index is 640. The minimum absolute atomic E-state index is 0.0409. The molecule has 1 aromatic rings. The van der Waals surface area contributed by atoms with Crippen LogP contribution in [0.5, 0.6) is 11.5 Å². The summed E-state index contributed by atoms with van der Waals surface area (Å²) in [6, 6.07) is 4.46. The Labute approximate surface area is 128 Å². The standard InChI is InChI=1S/C16H19N3O3/c1-16(17-18-16)12-6-8-19(9-7-12)15(22)5-3-11-2-4-13(20)14(21)10-11/h2-5,10,12,20-21H,6-9H2,1H3/b5-3+.